The zero-order chi connectivity index (χ0) is 7.68. The van der Waals surface area contributed by atoms with E-state index in [1.54, 1.807) is 0 Å². The molecule has 0 spiro atoms. The van der Waals surface area contributed by atoms with Crippen LogP contribution in [0.15, 0.2) is 32.3 Å². The standard InChI is InChI=1S/C8H8INS/c1-11-6-9-10-7-4-2-3-5-8(7)11/h2-6H,1H3. The van der Waals surface area contributed by atoms with Crippen LogP contribution in [0.3, 0.4) is 0 Å². The molecule has 0 N–H and O–H groups in total. The summed E-state index contributed by atoms with van der Waals surface area (Å²) >= 11 is -0.00216. The van der Waals surface area contributed by atoms with Gasteiger partial charge in [-0.3, -0.25) is 0 Å². The molecular weight excluding hydrogens is 269 g/mol. The largest absolute Gasteiger partial charge is 0.221 e. The smallest absolute Gasteiger partial charge is 0.0822 e. The van der Waals surface area contributed by atoms with Crippen molar-refractivity contribution < 1.29 is 0 Å². The zero-order valence-electron chi connectivity index (χ0n) is 6.12. The summed E-state index contributed by atoms with van der Waals surface area (Å²) in [6, 6.07) is 8.46. The van der Waals surface area contributed by atoms with Gasteiger partial charge < -0.3 is 0 Å². The van der Waals surface area contributed by atoms with Crippen LogP contribution in [-0.4, -0.2) is 9.63 Å². The number of fused-ring (bicyclic) bond motifs is 1. The number of nitrogens with zero attached hydrogens (tertiary/aromatic N) is 1. The van der Waals surface area contributed by atoms with E-state index < -0.39 is 0 Å². The average Bonchev–Trinajstić information content (AvgIpc) is 2.06. The summed E-state index contributed by atoms with van der Waals surface area (Å²) in [6.45, 7) is 0. The Balaban J connectivity index is 2.67. The Labute approximate surface area is 78.9 Å². The fourth-order valence-corrected chi connectivity index (χ4v) is 5.04. The molecule has 0 aliphatic carbocycles. The molecule has 0 amide bonds. The molecule has 11 heavy (non-hydrogen) atoms. The van der Waals surface area contributed by atoms with E-state index in [1.807, 2.05) is 0 Å². The monoisotopic (exact) mass is 277 g/mol. The molecule has 0 bridgehead atoms. The van der Waals surface area contributed by atoms with Crippen LogP contribution in [0.2, 0.25) is 0 Å². The highest BCUT2D eigenvalue weighted by Crippen LogP contribution is 2.38. The number of hydrogen-bond donors (Lipinski definition) is 0. The second kappa shape index (κ2) is 3.15. The summed E-state index contributed by atoms with van der Waals surface area (Å²) in [7, 11) is 0.365. The quantitative estimate of drug-likeness (QED) is 0.391. The minimum Gasteiger partial charge on any atom is -0.221 e. The van der Waals surface area contributed by atoms with Crippen molar-refractivity contribution in [3.05, 3.63) is 24.3 Å². The predicted octanol–water partition coefficient (Wildman–Crippen LogP) is 3.50. The molecule has 1 aliphatic heterocycles. The van der Waals surface area contributed by atoms with Crippen LogP contribution in [0.1, 0.15) is 0 Å². The summed E-state index contributed by atoms with van der Waals surface area (Å²) in [6.07, 6.45) is 2.27. The fourth-order valence-electron chi connectivity index (χ4n) is 0.979. The lowest BCUT2D eigenvalue weighted by Crippen LogP contribution is -1.77. The Kier molecular flexibility index (Phi) is 2.18. The molecular formula is C8H8INS. The van der Waals surface area contributed by atoms with Crippen molar-refractivity contribution in [1.82, 2.24) is 0 Å². The molecule has 58 valence electrons. The summed E-state index contributed by atoms with van der Waals surface area (Å²) in [5.74, 6) is 0. The normalized spacial score (nSPS) is 21.4. The Morgan fingerprint density at radius 2 is 2.18 bits per heavy atom. The number of benzene rings is 1. The van der Waals surface area contributed by atoms with Crippen molar-refractivity contribution in [2.45, 2.75) is 4.90 Å². The van der Waals surface area contributed by atoms with Crippen molar-refractivity contribution >= 4 is 40.6 Å². The average molecular weight is 277 g/mol. The summed E-state index contributed by atoms with van der Waals surface area (Å²) in [5.41, 5.74) is 1.23. The van der Waals surface area contributed by atoms with Crippen LogP contribution in [0.4, 0.5) is 5.69 Å². The maximum Gasteiger partial charge on any atom is 0.0822 e. The van der Waals surface area contributed by atoms with Gasteiger partial charge in [0.15, 0.2) is 0 Å². The fraction of sp³-hybridized carbons (Fsp3) is 0.125. The summed E-state index contributed by atoms with van der Waals surface area (Å²) in [5, 5.41) is 0. The van der Waals surface area contributed by atoms with Crippen LogP contribution >= 0.6 is 31.5 Å². The van der Waals surface area contributed by atoms with Gasteiger partial charge in [-0.15, -0.1) is 10.5 Å². The van der Waals surface area contributed by atoms with Crippen molar-refractivity contribution in [2.75, 3.05) is 6.26 Å². The summed E-state index contributed by atoms with van der Waals surface area (Å²) < 4.78 is 6.88. The van der Waals surface area contributed by atoms with Crippen LogP contribution in [0, 0.1) is 0 Å². The van der Waals surface area contributed by atoms with E-state index in [9.17, 15) is 0 Å². The first-order chi connectivity index (χ1) is 5.38. The van der Waals surface area contributed by atoms with Crippen molar-refractivity contribution in [1.29, 1.82) is 0 Å². The highest BCUT2D eigenvalue weighted by molar-refractivity contribution is 14.2. The number of rotatable bonds is 0. The van der Waals surface area contributed by atoms with Gasteiger partial charge in [-0.2, -0.15) is 0 Å². The molecule has 1 aliphatic rings. The highest BCUT2D eigenvalue weighted by Gasteiger charge is 2.03. The van der Waals surface area contributed by atoms with E-state index in [4.69, 9.17) is 0 Å². The van der Waals surface area contributed by atoms with Crippen molar-refractivity contribution in [2.24, 2.45) is 3.15 Å². The van der Waals surface area contributed by atoms with Crippen LogP contribution in [-0.2, 0) is 0 Å². The van der Waals surface area contributed by atoms with Crippen LogP contribution < -0.4 is 0 Å². The molecule has 0 saturated carbocycles. The Morgan fingerprint density at radius 1 is 1.36 bits per heavy atom. The molecule has 1 heterocycles. The van der Waals surface area contributed by atoms with Gasteiger partial charge in [-0.25, -0.2) is 3.15 Å². The molecule has 3 heteroatoms. The highest BCUT2D eigenvalue weighted by atomic mass is 127. The van der Waals surface area contributed by atoms with Gasteiger partial charge in [0.25, 0.3) is 0 Å². The maximum atomic E-state index is 4.50. The van der Waals surface area contributed by atoms with E-state index in [2.05, 4.69) is 37.0 Å². The molecule has 1 nitrogen and oxygen atoms in total. The SMILES string of the molecule is CS1=CI=Nc2ccccc21. The molecule has 1 aromatic rings. The maximum absolute atomic E-state index is 4.50. The summed E-state index contributed by atoms with van der Waals surface area (Å²) in [4.78, 5) is 1.42. The van der Waals surface area contributed by atoms with Gasteiger partial charge in [-0.1, -0.05) is 12.1 Å². The third-order valence-corrected chi connectivity index (χ3v) is 6.68. The second-order valence-electron chi connectivity index (χ2n) is 2.30. The molecule has 0 fully saturated rings. The lowest BCUT2D eigenvalue weighted by atomic mass is 10.3. The molecule has 2 rings (SSSR count). The van der Waals surface area contributed by atoms with Gasteiger partial charge in [0.1, 0.15) is 0 Å². The Bertz CT molecular complexity index is 344. The Hall–Kier alpha value is -0.0300. The molecule has 1 unspecified atom stereocenters. The van der Waals surface area contributed by atoms with Gasteiger partial charge in [0.05, 0.1) is 5.69 Å². The van der Waals surface area contributed by atoms with E-state index in [0.717, 1.165) is 0 Å². The third kappa shape index (κ3) is 1.44. The van der Waals surface area contributed by atoms with Crippen LogP contribution in [0.5, 0.6) is 0 Å². The molecule has 1 atom stereocenters. The molecule has 1 aromatic carbocycles. The van der Waals surface area contributed by atoms with E-state index >= 15 is 0 Å². The predicted molar refractivity (Wildman–Crippen MR) is 60.4 cm³/mol. The molecule has 0 aromatic heterocycles. The van der Waals surface area contributed by atoms with Crippen molar-refractivity contribution in [3.8, 4) is 0 Å². The third-order valence-electron chi connectivity index (χ3n) is 1.53. The molecule has 0 radical (unpaired) electrons. The minimum absolute atomic E-state index is 0.00216. The number of hydrogen-bond acceptors (Lipinski definition) is 1. The minimum atomic E-state index is -0.00216. The first-order valence-electron chi connectivity index (χ1n) is 3.29. The molecule has 0 saturated heterocycles. The number of halogens is 1. The lowest BCUT2D eigenvalue weighted by molar-refractivity contribution is 1.41. The second-order valence-corrected chi connectivity index (χ2v) is 6.60. The van der Waals surface area contributed by atoms with Crippen molar-refractivity contribution in [3.63, 3.8) is 0 Å². The Morgan fingerprint density at radius 3 is 3.00 bits per heavy atom. The first-order valence-corrected chi connectivity index (χ1v) is 7.19. The van der Waals surface area contributed by atoms with Gasteiger partial charge in [0.2, 0.25) is 0 Å². The van der Waals surface area contributed by atoms with E-state index in [-0.39, 0.29) is 21.0 Å². The zero-order valence-corrected chi connectivity index (χ0v) is 9.09. The van der Waals surface area contributed by atoms with E-state index in [1.165, 1.54) is 10.6 Å². The van der Waals surface area contributed by atoms with E-state index in [0.29, 0.717) is 10.5 Å². The first kappa shape index (κ1) is 7.61. The van der Waals surface area contributed by atoms with Gasteiger partial charge in [0, 0.05) is 29.3 Å². The van der Waals surface area contributed by atoms with Gasteiger partial charge >= 0.3 is 0 Å². The topological polar surface area (TPSA) is 12.4 Å². The lowest BCUT2D eigenvalue weighted by Gasteiger charge is -2.08. The van der Waals surface area contributed by atoms with Crippen LogP contribution in [0.25, 0.3) is 0 Å². The van der Waals surface area contributed by atoms with Gasteiger partial charge in [-0.05, 0) is 18.4 Å².